The molecule has 1 aliphatic rings. The van der Waals surface area contributed by atoms with E-state index in [1.807, 2.05) is 31.2 Å². The van der Waals surface area contributed by atoms with E-state index in [4.69, 9.17) is 21.7 Å². The molecule has 1 fully saturated rings. The molecule has 0 bridgehead atoms. The normalized spacial score (nSPS) is 13.7. The largest absolute Gasteiger partial charge is 0.494 e. The molecular formula is C21H25N3O3S. The van der Waals surface area contributed by atoms with Gasteiger partial charge in [0.15, 0.2) is 5.11 Å². The Bertz CT molecular complexity index is 805. The highest BCUT2D eigenvalue weighted by Gasteiger charge is 2.15. The van der Waals surface area contributed by atoms with E-state index in [0.29, 0.717) is 25.4 Å². The third-order valence-electron chi connectivity index (χ3n) is 4.32. The fourth-order valence-electron chi connectivity index (χ4n) is 2.91. The van der Waals surface area contributed by atoms with Crippen molar-refractivity contribution in [3.63, 3.8) is 0 Å². The number of rotatable bonds is 6. The van der Waals surface area contributed by atoms with Crippen molar-refractivity contribution in [3.05, 3.63) is 54.1 Å². The van der Waals surface area contributed by atoms with Crippen LogP contribution in [0.5, 0.6) is 5.75 Å². The molecule has 1 heterocycles. The molecule has 0 radical (unpaired) electrons. The number of carbonyl (C=O) groups excluding carboxylic acids is 1. The highest BCUT2D eigenvalue weighted by molar-refractivity contribution is 7.80. The van der Waals surface area contributed by atoms with Crippen LogP contribution in [0.2, 0.25) is 0 Å². The standard InChI is InChI=1S/C21H25N3O3S/c1-2-13-27-17-9-7-16(8-10-17)20(25)23-21(28)22-18-5-3-4-6-19(18)24-11-14-26-15-12-24/h3-10H,2,11-15H2,1H3,(H2,22,23,25,28). The summed E-state index contributed by atoms with van der Waals surface area (Å²) < 4.78 is 11.0. The summed E-state index contributed by atoms with van der Waals surface area (Å²) in [6, 6.07) is 14.9. The molecule has 0 unspecified atom stereocenters. The monoisotopic (exact) mass is 399 g/mol. The van der Waals surface area contributed by atoms with Crippen LogP contribution in [0.1, 0.15) is 23.7 Å². The van der Waals surface area contributed by atoms with Crippen LogP contribution in [0.3, 0.4) is 0 Å². The number of nitrogens with one attached hydrogen (secondary N) is 2. The van der Waals surface area contributed by atoms with Crippen molar-refractivity contribution in [3.8, 4) is 5.75 Å². The van der Waals surface area contributed by atoms with Gasteiger partial charge in [0.2, 0.25) is 0 Å². The number of nitrogens with zero attached hydrogens (tertiary/aromatic N) is 1. The Balaban J connectivity index is 1.60. The van der Waals surface area contributed by atoms with Crippen molar-refractivity contribution in [1.82, 2.24) is 5.32 Å². The minimum Gasteiger partial charge on any atom is -0.494 e. The summed E-state index contributed by atoms with van der Waals surface area (Å²) in [4.78, 5) is 14.7. The highest BCUT2D eigenvalue weighted by Crippen LogP contribution is 2.26. The minimum atomic E-state index is -0.261. The topological polar surface area (TPSA) is 62.8 Å². The van der Waals surface area contributed by atoms with Gasteiger partial charge in [0.1, 0.15) is 5.75 Å². The van der Waals surface area contributed by atoms with Gasteiger partial charge in [-0.05, 0) is 55.0 Å². The zero-order valence-corrected chi connectivity index (χ0v) is 16.8. The summed E-state index contributed by atoms with van der Waals surface area (Å²) in [6.45, 7) is 5.75. The van der Waals surface area contributed by atoms with Crippen LogP contribution in [-0.2, 0) is 4.74 Å². The smallest absolute Gasteiger partial charge is 0.257 e. The van der Waals surface area contributed by atoms with E-state index in [0.717, 1.165) is 36.6 Å². The quantitative estimate of drug-likeness (QED) is 0.726. The van der Waals surface area contributed by atoms with E-state index >= 15 is 0 Å². The molecule has 7 heteroatoms. The van der Waals surface area contributed by atoms with E-state index in [1.165, 1.54) is 0 Å². The lowest BCUT2D eigenvalue weighted by Crippen LogP contribution is -2.38. The maximum absolute atomic E-state index is 12.5. The zero-order chi connectivity index (χ0) is 19.8. The van der Waals surface area contributed by atoms with Crippen molar-refractivity contribution in [2.45, 2.75) is 13.3 Å². The minimum absolute atomic E-state index is 0.261. The van der Waals surface area contributed by atoms with Gasteiger partial charge in [-0.15, -0.1) is 0 Å². The molecule has 0 aliphatic carbocycles. The summed E-state index contributed by atoms with van der Waals surface area (Å²) in [7, 11) is 0. The Kier molecular flexibility index (Phi) is 7.22. The Labute approximate surface area is 170 Å². The number of thiocarbonyl (C=S) groups is 1. The lowest BCUT2D eigenvalue weighted by atomic mass is 10.2. The number of anilines is 2. The summed E-state index contributed by atoms with van der Waals surface area (Å²) in [6.07, 6.45) is 0.939. The molecule has 0 aromatic heterocycles. The van der Waals surface area contributed by atoms with Crippen molar-refractivity contribution >= 4 is 34.6 Å². The molecule has 1 aliphatic heterocycles. The molecule has 28 heavy (non-hydrogen) atoms. The van der Waals surface area contributed by atoms with Gasteiger partial charge in [-0.2, -0.15) is 0 Å². The molecule has 6 nitrogen and oxygen atoms in total. The molecule has 148 valence electrons. The number of morpholine rings is 1. The van der Waals surface area contributed by atoms with Crippen LogP contribution >= 0.6 is 12.2 Å². The Morgan fingerprint density at radius 1 is 1.14 bits per heavy atom. The molecule has 0 spiro atoms. The fraction of sp³-hybridized carbons (Fsp3) is 0.333. The second-order valence-corrected chi connectivity index (χ2v) is 6.81. The predicted octanol–water partition coefficient (Wildman–Crippen LogP) is 3.44. The predicted molar refractivity (Wildman–Crippen MR) is 115 cm³/mol. The molecule has 0 atom stereocenters. The van der Waals surface area contributed by atoms with Crippen molar-refractivity contribution in [1.29, 1.82) is 0 Å². The number of carbonyl (C=O) groups is 1. The van der Waals surface area contributed by atoms with Crippen LogP contribution in [0.4, 0.5) is 11.4 Å². The van der Waals surface area contributed by atoms with Gasteiger partial charge in [0, 0.05) is 18.7 Å². The molecule has 1 saturated heterocycles. The Morgan fingerprint density at radius 2 is 1.86 bits per heavy atom. The number of hydrogen-bond acceptors (Lipinski definition) is 5. The van der Waals surface area contributed by atoms with Crippen molar-refractivity contribution in [2.75, 3.05) is 43.1 Å². The zero-order valence-electron chi connectivity index (χ0n) is 15.9. The van der Waals surface area contributed by atoms with E-state index < -0.39 is 0 Å². The van der Waals surface area contributed by atoms with Gasteiger partial charge in [0.25, 0.3) is 5.91 Å². The van der Waals surface area contributed by atoms with Gasteiger partial charge in [-0.3, -0.25) is 10.1 Å². The van der Waals surface area contributed by atoms with Gasteiger partial charge < -0.3 is 19.7 Å². The molecule has 0 saturated carbocycles. The second-order valence-electron chi connectivity index (χ2n) is 6.40. The van der Waals surface area contributed by atoms with E-state index in [-0.39, 0.29) is 11.0 Å². The van der Waals surface area contributed by atoms with Crippen LogP contribution in [-0.4, -0.2) is 43.9 Å². The highest BCUT2D eigenvalue weighted by atomic mass is 32.1. The SMILES string of the molecule is CCCOc1ccc(C(=O)NC(=S)Nc2ccccc2N2CCOCC2)cc1. The number of hydrogen-bond donors (Lipinski definition) is 2. The Hall–Kier alpha value is -2.64. The van der Waals surface area contributed by atoms with Crippen LogP contribution in [0.15, 0.2) is 48.5 Å². The average molecular weight is 400 g/mol. The Morgan fingerprint density at radius 3 is 2.57 bits per heavy atom. The average Bonchev–Trinajstić information content (AvgIpc) is 2.73. The van der Waals surface area contributed by atoms with Gasteiger partial charge in [-0.1, -0.05) is 19.1 Å². The number of ether oxygens (including phenoxy) is 2. The first-order valence-electron chi connectivity index (χ1n) is 9.44. The first-order chi connectivity index (χ1) is 13.7. The maximum atomic E-state index is 12.5. The van der Waals surface area contributed by atoms with Gasteiger partial charge >= 0.3 is 0 Å². The van der Waals surface area contributed by atoms with E-state index in [1.54, 1.807) is 24.3 Å². The molecular weight excluding hydrogens is 374 g/mol. The molecule has 1 amide bonds. The third-order valence-corrected chi connectivity index (χ3v) is 4.52. The molecule has 2 aromatic rings. The fourth-order valence-corrected chi connectivity index (χ4v) is 3.11. The summed E-state index contributed by atoms with van der Waals surface area (Å²) >= 11 is 5.35. The first-order valence-corrected chi connectivity index (χ1v) is 9.85. The van der Waals surface area contributed by atoms with E-state index in [2.05, 4.69) is 15.5 Å². The van der Waals surface area contributed by atoms with Gasteiger partial charge in [-0.25, -0.2) is 0 Å². The second kappa shape index (κ2) is 10.1. The van der Waals surface area contributed by atoms with Crippen LogP contribution in [0.25, 0.3) is 0 Å². The third kappa shape index (κ3) is 5.43. The first kappa shape index (κ1) is 20.1. The summed E-state index contributed by atoms with van der Waals surface area (Å²) in [5.41, 5.74) is 2.42. The number of benzene rings is 2. The summed E-state index contributed by atoms with van der Waals surface area (Å²) in [5.74, 6) is 0.488. The summed E-state index contributed by atoms with van der Waals surface area (Å²) in [5, 5.41) is 6.14. The molecule has 3 rings (SSSR count). The molecule has 2 aromatic carbocycles. The van der Waals surface area contributed by atoms with Crippen molar-refractivity contribution in [2.24, 2.45) is 0 Å². The van der Waals surface area contributed by atoms with Crippen LogP contribution in [0, 0.1) is 0 Å². The lowest BCUT2D eigenvalue weighted by Gasteiger charge is -2.30. The van der Waals surface area contributed by atoms with Crippen LogP contribution < -0.4 is 20.3 Å². The van der Waals surface area contributed by atoms with E-state index in [9.17, 15) is 4.79 Å². The lowest BCUT2D eigenvalue weighted by molar-refractivity contribution is 0.0977. The molecule has 2 N–H and O–H groups in total. The number of amides is 1. The van der Waals surface area contributed by atoms with Crippen molar-refractivity contribution < 1.29 is 14.3 Å². The number of para-hydroxylation sites is 2. The maximum Gasteiger partial charge on any atom is 0.257 e. The van der Waals surface area contributed by atoms with Gasteiger partial charge in [0.05, 0.1) is 31.2 Å².